The number of carbonyl (C=O) groups is 1. The Morgan fingerprint density at radius 2 is 2.20 bits per heavy atom. The van der Waals surface area contributed by atoms with Crippen LogP contribution in [0.4, 0.5) is 10.1 Å². The number of aryl methyl sites for hydroxylation is 1. The quantitative estimate of drug-likeness (QED) is 0.730. The van der Waals surface area contributed by atoms with Gasteiger partial charge in [0.15, 0.2) is 0 Å². The van der Waals surface area contributed by atoms with Gasteiger partial charge in [0.1, 0.15) is 11.7 Å². The highest BCUT2D eigenvalue weighted by Gasteiger charge is 2.16. The van der Waals surface area contributed by atoms with Gasteiger partial charge >= 0.3 is 0 Å². The lowest BCUT2D eigenvalue weighted by molar-refractivity contribution is -0.116. The molecule has 0 N–H and O–H groups in total. The van der Waals surface area contributed by atoms with Crippen LogP contribution in [0.5, 0.6) is 0 Å². The molecular weight excluding hydrogens is 217 g/mol. The number of alkyl halides is 1. The average Bonchev–Trinajstić information content (AvgIpc) is 2.24. The highest BCUT2D eigenvalue weighted by Crippen LogP contribution is 2.21. The molecule has 0 saturated heterocycles. The fraction of sp³-hybridized carbons (Fsp3) is 0.364. The van der Waals surface area contributed by atoms with E-state index in [9.17, 15) is 9.18 Å². The molecule has 0 fully saturated rings. The minimum absolute atomic E-state index is 0.138. The van der Waals surface area contributed by atoms with Crippen LogP contribution in [0, 0.1) is 12.7 Å². The van der Waals surface area contributed by atoms with Crippen molar-refractivity contribution in [2.24, 2.45) is 0 Å². The molecule has 4 heteroatoms. The third kappa shape index (κ3) is 2.48. The molecule has 1 rings (SSSR count). The first-order valence-corrected chi connectivity index (χ1v) is 5.26. The molecule has 15 heavy (non-hydrogen) atoms. The highest BCUT2D eigenvalue weighted by atomic mass is 35.5. The maximum absolute atomic E-state index is 13.7. The molecule has 2 nitrogen and oxygen atoms in total. The number of hydrogen-bond acceptors (Lipinski definition) is 1. The molecule has 0 aromatic heterocycles. The van der Waals surface area contributed by atoms with E-state index in [0.29, 0.717) is 17.8 Å². The molecular formula is C11H13ClFNO. The minimum Gasteiger partial charge on any atom is -0.309 e. The van der Waals surface area contributed by atoms with Crippen LogP contribution in [0.25, 0.3) is 0 Å². The molecule has 0 bridgehead atoms. The van der Waals surface area contributed by atoms with Crippen LogP contribution in [0.1, 0.15) is 12.5 Å². The molecule has 0 saturated carbocycles. The summed E-state index contributed by atoms with van der Waals surface area (Å²) in [4.78, 5) is 12.8. The Hall–Kier alpha value is -1.09. The highest BCUT2D eigenvalue weighted by molar-refractivity contribution is 6.29. The molecule has 82 valence electrons. The number of benzene rings is 1. The van der Waals surface area contributed by atoms with E-state index in [1.165, 1.54) is 4.90 Å². The van der Waals surface area contributed by atoms with Crippen molar-refractivity contribution in [3.05, 3.63) is 29.6 Å². The first-order chi connectivity index (χ1) is 7.11. The van der Waals surface area contributed by atoms with Crippen molar-refractivity contribution >= 4 is 23.2 Å². The monoisotopic (exact) mass is 229 g/mol. The Labute approximate surface area is 93.6 Å². The molecule has 1 amide bonds. The summed E-state index contributed by atoms with van der Waals surface area (Å²) in [5, 5.41) is 0. The average molecular weight is 230 g/mol. The van der Waals surface area contributed by atoms with Gasteiger partial charge < -0.3 is 4.90 Å². The predicted octanol–water partition coefficient (Wildman–Crippen LogP) is 2.73. The van der Waals surface area contributed by atoms with Gasteiger partial charge in [-0.05, 0) is 25.5 Å². The van der Waals surface area contributed by atoms with E-state index in [1.807, 2.05) is 0 Å². The third-order valence-electron chi connectivity index (χ3n) is 2.19. The van der Waals surface area contributed by atoms with Crippen LogP contribution in [0.2, 0.25) is 0 Å². The van der Waals surface area contributed by atoms with Crippen LogP contribution in [-0.2, 0) is 4.79 Å². The van der Waals surface area contributed by atoms with Gasteiger partial charge in [0, 0.05) is 6.54 Å². The summed E-state index contributed by atoms with van der Waals surface area (Å²) in [6.45, 7) is 3.86. The van der Waals surface area contributed by atoms with Crippen molar-refractivity contribution in [2.45, 2.75) is 13.8 Å². The first-order valence-electron chi connectivity index (χ1n) is 4.73. The van der Waals surface area contributed by atoms with E-state index in [4.69, 9.17) is 11.6 Å². The predicted molar refractivity (Wildman–Crippen MR) is 59.9 cm³/mol. The summed E-state index contributed by atoms with van der Waals surface area (Å²) in [6.07, 6.45) is 0. The molecule has 1 aromatic rings. The van der Waals surface area contributed by atoms with Crippen molar-refractivity contribution in [1.29, 1.82) is 0 Å². The summed E-state index contributed by atoms with van der Waals surface area (Å²) in [5.41, 5.74) is 0.816. The van der Waals surface area contributed by atoms with Gasteiger partial charge in [-0.15, -0.1) is 11.6 Å². The largest absolute Gasteiger partial charge is 0.309 e. The number of nitrogens with zero attached hydrogens (tertiary/aromatic N) is 1. The van der Waals surface area contributed by atoms with Crippen molar-refractivity contribution in [3.63, 3.8) is 0 Å². The maximum atomic E-state index is 13.7. The Morgan fingerprint density at radius 3 is 2.73 bits per heavy atom. The number of anilines is 1. The standard InChI is InChI=1S/C11H13ClFNO/c1-3-14(10(15)7-12)9-6-4-5-8(2)11(9)13/h4-6H,3,7H2,1-2H3. The van der Waals surface area contributed by atoms with Gasteiger partial charge in [0.05, 0.1) is 5.69 Å². The summed E-state index contributed by atoms with van der Waals surface area (Å²) in [5.74, 6) is -0.789. The van der Waals surface area contributed by atoms with Crippen molar-refractivity contribution < 1.29 is 9.18 Å². The zero-order chi connectivity index (χ0) is 11.4. The molecule has 0 radical (unpaired) electrons. The molecule has 0 aliphatic heterocycles. The molecule has 0 atom stereocenters. The van der Waals surface area contributed by atoms with E-state index >= 15 is 0 Å². The Balaban J connectivity index is 3.12. The van der Waals surface area contributed by atoms with Gasteiger partial charge in [0.2, 0.25) is 5.91 Å². The van der Waals surface area contributed by atoms with Gasteiger partial charge in [-0.2, -0.15) is 0 Å². The Kier molecular flexibility index (Phi) is 4.09. The number of halogens is 2. The normalized spacial score (nSPS) is 10.1. The Bertz CT molecular complexity index is 368. The second-order valence-corrected chi connectivity index (χ2v) is 3.45. The molecule has 0 unspecified atom stereocenters. The fourth-order valence-corrected chi connectivity index (χ4v) is 1.54. The number of hydrogen-bond donors (Lipinski definition) is 0. The summed E-state index contributed by atoms with van der Waals surface area (Å²) >= 11 is 5.45. The smallest absolute Gasteiger partial charge is 0.241 e. The van der Waals surface area contributed by atoms with Crippen LogP contribution in [0.15, 0.2) is 18.2 Å². The van der Waals surface area contributed by atoms with E-state index in [0.717, 1.165) is 0 Å². The number of carbonyl (C=O) groups excluding carboxylic acids is 1. The van der Waals surface area contributed by atoms with Crippen LogP contribution < -0.4 is 4.90 Å². The molecule has 1 aromatic carbocycles. The second kappa shape index (κ2) is 5.12. The Morgan fingerprint density at radius 1 is 1.53 bits per heavy atom. The molecule has 0 heterocycles. The van der Waals surface area contributed by atoms with Crippen LogP contribution in [0.3, 0.4) is 0 Å². The fourth-order valence-electron chi connectivity index (χ4n) is 1.39. The number of rotatable bonds is 3. The zero-order valence-corrected chi connectivity index (χ0v) is 9.51. The lowest BCUT2D eigenvalue weighted by Gasteiger charge is -2.21. The van der Waals surface area contributed by atoms with Gasteiger partial charge in [0.25, 0.3) is 0 Å². The summed E-state index contributed by atoms with van der Waals surface area (Å²) in [7, 11) is 0. The topological polar surface area (TPSA) is 20.3 Å². The zero-order valence-electron chi connectivity index (χ0n) is 8.76. The van der Waals surface area contributed by atoms with E-state index in [2.05, 4.69) is 0 Å². The first kappa shape index (κ1) is 12.0. The molecule has 0 spiro atoms. The summed E-state index contributed by atoms with van der Waals surface area (Å²) in [6, 6.07) is 4.96. The minimum atomic E-state index is -0.363. The van der Waals surface area contributed by atoms with E-state index < -0.39 is 0 Å². The van der Waals surface area contributed by atoms with E-state index in [1.54, 1.807) is 32.0 Å². The maximum Gasteiger partial charge on any atom is 0.241 e. The molecule has 0 aliphatic carbocycles. The van der Waals surface area contributed by atoms with E-state index in [-0.39, 0.29) is 17.6 Å². The second-order valence-electron chi connectivity index (χ2n) is 3.18. The van der Waals surface area contributed by atoms with Crippen molar-refractivity contribution in [3.8, 4) is 0 Å². The van der Waals surface area contributed by atoms with Gasteiger partial charge in [-0.25, -0.2) is 4.39 Å². The SMILES string of the molecule is CCN(C(=O)CCl)c1cccc(C)c1F. The lowest BCUT2D eigenvalue weighted by atomic mass is 10.2. The summed E-state index contributed by atoms with van der Waals surface area (Å²) < 4.78 is 13.7. The third-order valence-corrected chi connectivity index (χ3v) is 2.42. The lowest BCUT2D eigenvalue weighted by Crippen LogP contribution is -2.32. The van der Waals surface area contributed by atoms with Gasteiger partial charge in [-0.3, -0.25) is 4.79 Å². The van der Waals surface area contributed by atoms with Crippen molar-refractivity contribution in [2.75, 3.05) is 17.3 Å². The van der Waals surface area contributed by atoms with Gasteiger partial charge in [-0.1, -0.05) is 12.1 Å². The van der Waals surface area contributed by atoms with Crippen molar-refractivity contribution in [1.82, 2.24) is 0 Å². The van der Waals surface area contributed by atoms with Crippen LogP contribution >= 0.6 is 11.6 Å². The van der Waals surface area contributed by atoms with Crippen LogP contribution in [-0.4, -0.2) is 18.3 Å². The molecule has 0 aliphatic rings. The number of amides is 1.